The Morgan fingerprint density at radius 1 is 1.48 bits per heavy atom. The van der Waals surface area contributed by atoms with Crippen molar-refractivity contribution in [1.29, 1.82) is 0 Å². The number of hydrogen-bond donors (Lipinski definition) is 2. The third-order valence-electron chi connectivity index (χ3n) is 3.51. The van der Waals surface area contributed by atoms with Gasteiger partial charge in [-0.15, -0.1) is 0 Å². The first-order chi connectivity index (χ1) is 9.98. The number of ether oxygens (including phenoxy) is 2. The van der Waals surface area contributed by atoms with E-state index < -0.39 is 11.6 Å². The molecule has 2 aliphatic rings. The molecule has 1 atom stereocenters. The third-order valence-corrected chi connectivity index (χ3v) is 3.51. The standard InChI is InChI=1S/C15H16N2O4/c1-17-12-6-10(4-5-15(19)8-20-9-15)2-3-13(12)21-7-11(16)14(17)18/h2-3,6,11,19H,7-9,16H2,1H3. The second kappa shape index (κ2) is 5.04. The summed E-state index contributed by atoms with van der Waals surface area (Å²) in [7, 11) is 1.65. The maximum absolute atomic E-state index is 12.0. The van der Waals surface area contributed by atoms with Gasteiger partial charge in [0.25, 0.3) is 0 Å². The first-order valence-corrected chi connectivity index (χ1v) is 6.62. The van der Waals surface area contributed by atoms with E-state index in [1.807, 2.05) is 0 Å². The van der Waals surface area contributed by atoms with Gasteiger partial charge in [-0.05, 0) is 18.2 Å². The molecule has 1 aromatic carbocycles. The molecular weight excluding hydrogens is 272 g/mol. The quantitative estimate of drug-likeness (QED) is 0.628. The Balaban J connectivity index is 1.92. The molecule has 0 aliphatic carbocycles. The first-order valence-electron chi connectivity index (χ1n) is 6.62. The Kier molecular flexibility index (Phi) is 3.33. The van der Waals surface area contributed by atoms with Crippen LogP contribution in [0.2, 0.25) is 0 Å². The number of likely N-dealkylation sites (N-methyl/N-ethyl adjacent to an activating group) is 1. The van der Waals surface area contributed by atoms with Crippen LogP contribution in [0, 0.1) is 11.8 Å². The zero-order chi connectivity index (χ0) is 15.0. The minimum absolute atomic E-state index is 0.151. The number of rotatable bonds is 0. The van der Waals surface area contributed by atoms with Gasteiger partial charge in [0.15, 0.2) is 5.60 Å². The first kappa shape index (κ1) is 13.9. The van der Waals surface area contributed by atoms with E-state index in [1.54, 1.807) is 25.2 Å². The number of carbonyl (C=O) groups excluding carboxylic acids is 1. The van der Waals surface area contributed by atoms with Gasteiger partial charge in [0, 0.05) is 12.6 Å². The summed E-state index contributed by atoms with van der Waals surface area (Å²) in [6.07, 6.45) is 0. The summed E-state index contributed by atoms with van der Waals surface area (Å²) in [5.74, 6) is 6.07. The van der Waals surface area contributed by atoms with Crippen molar-refractivity contribution in [3.63, 3.8) is 0 Å². The molecule has 110 valence electrons. The summed E-state index contributed by atoms with van der Waals surface area (Å²) in [6.45, 7) is 0.598. The molecule has 6 heteroatoms. The fourth-order valence-electron chi connectivity index (χ4n) is 2.15. The summed E-state index contributed by atoms with van der Waals surface area (Å²) >= 11 is 0. The van der Waals surface area contributed by atoms with Crippen molar-refractivity contribution in [2.45, 2.75) is 11.6 Å². The molecule has 1 saturated heterocycles. The van der Waals surface area contributed by atoms with Gasteiger partial charge < -0.3 is 25.2 Å². The van der Waals surface area contributed by atoms with Crippen LogP contribution in [0.4, 0.5) is 5.69 Å². The molecule has 1 fully saturated rings. The molecule has 21 heavy (non-hydrogen) atoms. The monoisotopic (exact) mass is 288 g/mol. The Hall–Kier alpha value is -2.07. The lowest BCUT2D eigenvalue weighted by Crippen LogP contribution is -2.48. The van der Waals surface area contributed by atoms with E-state index >= 15 is 0 Å². The van der Waals surface area contributed by atoms with E-state index in [2.05, 4.69) is 11.8 Å². The van der Waals surface area contributed by atoms with Crippen molar-refractivity contribution in [2.24, 2.45) is 5.73 Å². The van der Waals surface area contributed by atoms with Gasteiger partial charge in [-0.25, -0.2) is 0 Å². The lowest BCUT2D eigenvalue weighted by Gasteiger charge is -2.30. The summed E-state index contributed by atoms with van der Waals surface area (Å²) in [4.78, 5) is 13.5. The van der Waals surface area contributed by atoms with E-state index in [0.29, 0.717) is 17.0 Å². The van der Waals surface area contributed by atoms with Gasteiger partial charge >= 0.3 is 0 Å². The minimum atomic E-state index is -1.06. The second-order valence-electron chi connectivity index (χ2n) is 5.27. The average molecular weight is 288 g/mol. The number of amides is 1. The Morgan fingerprint density at radius 3 is 2.90 bits per heavy atom. The van der Waals surface area contributed by atoms with Gasteiger partial charge in [0.2, 0.25) is 5.91 Å². The number of hydrogen-bond acceptors (Lipinski definition) is 5. The molecule has 0 spiro atoms. The normalized spacial score (nSPS) is 23.1. The number of fused-ring (bicyclic) bond motifs is 1. The van der Waals surface area contributed by atoms with Crippen LogP contribution in [0.15, 0.2) is 18.2 Å². The van der Waals surface area contributed by atoms with Gasteiger partial charge in [-0.2, -0.15) is 0 Å². The van der Waals surface area contributed by atoms with Crippen molar-refractivity contribution in [3.05, 3.63) is 23.8 Å². The van der Waals surface area contributed by atoms with Crippen LogP contribution in [0.5, 0.6) is 5.75 Å². The molecule has 6 nitrogen and oxygen atoms in total. The van der Waals surface area contributed by atoms with Crippen molar-refractivity contribution in [3.8, 4) is 17.6 Å². The fraction of sp³-hybridized carbons (Fsp3) is 0.400. The lowest BCUT2D eigenvalue weighted by molar-refractivity contribution is -0.140. The Morgan fingerprint density at radius 2 is 2.24 bits per heavy atom. The zero-order valence-corrected chi connectivity index (χ0v) is 11.6. The van der Waals surface area contributed by atoms with Crippen LogP contribution in [-0.2, 0) is 9.53 Å². The van der Waals surface area contributed by atoms with Crippen molar-refractivity contribution < 1.29 is 19.4 Å². The van der Waals surface area contributed by atoms with Crippen LogP contribution in [0.25, 0.3) is 0 Å². The maximum Gasteiger partial charge on any atom is 0.247 e. The highest BCUT2D eigenvalue weighted by molar-refractivity contribution is 5.98. The van der Waals surface area contributed by atoms with E-state index in [0.717, 1.165) is 0 Å². The smallest absolute Gasteiger partial charge is 0.247 e. The van der Waals surface area contributed by atoms with Crippen LogP contribution >= 0.6 is 0 Å². The number of nitrogens with two attached hydrogens (primary N) is 1. The molecule has 1 amide bonds. The molecule has 0 aromatic heterocycles. The van der Waals surface area contributed by atoms with Crippen molar-refractivity contribution in [2.75, 3.05) is 31.8 Å². The van der Waals surface area contributed by atoms with Crippen LogP contribution in [0.1, 0.15) is 5.56 Å². The highest BCUT2D eigenvalue weighted by atomic mass is 16.5. The van der Waals surface area contributed by atoms with E-state index in [4.69, 9.17) is 15.2 Å². The van der Waals surface area contributed by atoms with Crippen molar-refractivity contribution in [1.82, 2.24) is 0 Å². The minimum Gasteiger partial charge on any atom is -0.489 e. The molecule has 1 aromatic rings. The molecule has 3 N–H and O–H groups in total. The predicted molar refractivity (Wildman–Crippen MR) is 76.0 cm³/mol. The third kappa shape index (κ3) is 2.59. The number of nitrogens with zero attached hydrogens (tertiary/aromatic N) is 1. The zero-order valence-electron chi connectivity index (χ0n) is 11.6. The molecule has 3 rings (SSSR count). The number of aliphatic hydroxyl groups is 1. The van der Waals surface area contributed by atoms with Crippen LogP contribution in [-0.4, -0.2) is 49.5 Å². The summed E-state index contributed by atoms with van der Waals surface area (Å²) in [5.41, 5.74) is 5.98. The van der Waals surface area contributed by atoms with E-state index in [1.165, 1.54) is 4.90 Å². The van der Waals surface area contributed by atoms with Crippen LogP contribution in [0.3, 0.4) is 0 Å². The van der Waals surface area contributed by atoms with Gasteiger partial charge in [-0.1, -0.05) is 11.8 Å². The predicted octanol–water partition coefficient (Wildman–Crippen LogP) is -0.518. The Labute approximate surface area is 122 Å². The summed E-state index contributed by atoms with van der Waals surface area (Å²) in [6, 6.07) is 4.61. The number of carbonyl (C=O) groups is 1. The van der Waals surface area contributed by atoms with Crippen LogP contribution < -0.4 is 15.4 Å². The lowest BCUT2D eigenvalue weighted by atomic mass is 10.0. The van der Waals surface area contributed by atoms with Gasteiger partial charge in [0.05, 0.1) is 18.9 Å². The highest BCUT2D eigenvalue weighted by Gasteiger charge is 2.34. The molecule has 0 saturated carbocycles. The molecule has 2 aliphatic heterocycles. The molecule has 0 radical (unpaired) electrons. The highest BCUT2D eigenvalue weighted by Crippen LogP contribution is 2.31. The molecular formula is C15H16N2O4. The van der Waals surface area contributed by atoms with E-state index in [-0.39, 0.29) is 25.7 Å². The molecule has 1 unspecified atom stereocenters. The Bertz CT molecular complexity index is 643. The molecule has 2 heterocycles. The molecule has 0 bridgehead atoms. The van der Waals surface area contributed by atoms with Gasteiger partial charge in [-0.3, -0.25) is 4.79 Å². The van der Waals surface area contributed by atoms with E-state index in [9.17, 15) is 9.90 Å². The van der Waals surface area contributed by atoms with Crippen molar-refractivity contribution >= 4 is 11.6 Å². The average Bonchev–Trinajstić information content (AvgIpc) is 2.56. The summed E-state index contributed by atoms with van der Waals surface area (Å²) in [5, 5.41) is 9.88. The fourth-order valence-corrected chi connectivity index (χ4v) is 2.15. The second-order valence-corrected chi connectivity index (χ2v) is 5.27. The largest absolute Gasteiger partial charge is 0.489 e. The topological polar surface area (TPSA) is 85.0 Å². The maximum atomic E-state index is 12.0. The van der Waals surface area contributed by atoms with Gasteiger partial charge in [0.1, 0.15) is 18.4 Å². The number of benzene rings is 1. The number of anilines is 1. The summed E-state index contributed by atoms with van der Waals surface area (Å²) < 4.78 is 10.5. The SMILES string of the molecule is CN1C(=O)C(N)COc2ccc(C#CC3(O)COC3)cc21.